The predicted octanol–water partition coefficient (Wildman–Crippen LogP) is 8.44. The Morgan fingerprint density at radius 1 is 0.538 bits per heavy atom. The lowest BCUT2D eigenvalue weighted by Gasteiger charge is -2.63. The largest absolute Gasteiger partial charge is 0.432 e. The highest BCUT2D eigenvalue weighted by Crippen LogP contribution is 2.68. The molecule has 0 aromatic heterocycles. The molecule has 12 saturated heterocycles. The van der Waals surface area contributed by atoms with Gasteiger partial charge in [0.1, 0.15) is 0 Å². The first-order valence-electron chi connectivity index (χ1n) is 26.0. The molecule has 0 aromatic carbocycles. The molecular formula is C50H74O15. The van der Waals surface area contributed by atoms with Gasteiger partial charge in [-0.05, 0) is 121 Å². The van der Waals surface area contributed by atoms with E-state index in [9.17, 15) is 9.90 Å². The van der Waals surface area contributed by atoms with E-state index in [0.29, 0.717) is 37.0 Å². The first kappa shape index (κ1) is 44.7. The lowest BCUT2D eigenvalue weighted by atomic mass is 9.49. The number of esters is 2. The van der Waals surface area contributed by atoms with E-state index in [-0.39, 0.29) is 59.8 Å². The molecule has 0 aromatic rings. The molecule has 15 aliphatic rings. The van der Waals surface area contributed by atoms with E-state index in [2.05, 4.69) is 20.8 Å². The Balaban J connectivity index is 0.792. The van der Waals surface area contributed by atoms with Gasteiger partial charge in [-0.3, -0.25) is 9.59 Å². The fourth-order valence-corrected chi connectivity index (χ4v) is 17.0. The average molecular weight is 915 g/mol. The summed E-state index contributed by atoms with van der Waals surface area (Å²) >= 11 is 0. The van der Waals surface area contributed by atoms with Crippen molar-refractivity contribution in [3.8, 4) is 0 Å². The van der Waals surface area contributed by atoms with E-state index < -0.39 is 70.7 Å². The second-order valence-electron chi connectivity index (χ2n) is 24.0. The number of fused-ring (bicyclic) bond motifs is 6. The molecular weight excluding hydrogens is 841 g/mol. The van der Waals surface area contributed by atoms with Crippen LogP contribution in [0, 0.1) is 70.5 Å². The molecule has 15 rings (SSSR count). The van der Waals surface area contributed by atoms with Crippen LogP contribution >= 0.6 is 0 Å². The number of carbonyl (C=O) groups is 2. The molecule has 15 fully saturated rings. The van der Waals surface area contributed by atoms with E-state index in [1.165, 1.54) is 0 Å². The van der Waals surface area contributed by atoms with Gasteiger partial charge in [-0.25, -0.2) is 29.3 Å². The van der Waals surface area contributed by atoms with Gasteiger partial charge < -0.3 is 33.5 Å². The molecule has 65 heavy (non-hydrogen) atoms. The van der Waals surface area contributed by atoms with Crippen molar-refractivity contribution in [1.82, 2.24) is 0 Å². The van der Waals surface area contributed by atoms with Crippen LogP contribution in [0.2, 0.25) is 0 Å². The molecule has 8 unspecified atom stereocenters. The summed E-state index contributed by atoms with van der Waals surface area (Å²) in [5.74, 6) is -3.37. The van der Waals surface area contributed by atoms with Gasteiger partial charge in [0.2, 0.25) is 29.9 Å². The van der Waals surface area contributed by atoms with Gasteiger partial charge >= 0.3 is 11.9 Å². The summed E-state index contributed by atoms with van der Waals surface area (Å²) in [7, 11) is 0. The minimum absolute atomic E-state index is 0.0449. The highest BCUT2D eigenvalue weighted by atomic mass is 17.3. The van der Waals surface area contributed by atoms with Crippen LogP contribution in [0.15, 0.2) is 0 Å². The van der Waals surface area contributed by atoms with Crippen LogP contribution in [0.3, 0.4) is 0 Å². The van der Waals surface area contributed by atoms with Crippen molar-refractivity contribution in [2.45, 2.75) is 229 Å². The quantitative estimate of drug-likeness (QED) is 0.126. The highest BCUT2D eigenvalue weighted by Gasteiger charge is 2.77. The third kappa shape index (κ3) is 6.37. The number of hydrogen-bond acceptors (Lipinski definition) is 15. The third-order valence-corrected chi connectivity index (χ3v) is 20.5. The Hall–Kier alpha value is -1.50. The summed E-state index contributed by atoms with van der Waals surface area (Å²) in [6.45, 7) is 12.5. The normalized spacial score (nSPS) is 57.2. The molecule has 3 spiro atoms. The maximum absolute atomic E-state index is 15.3. The Morgan fingerprint density at radius 2 is 1.05 bits per heavy atom. The first-order chi connectivity index (χ1) is 31.1. The first-order valence-corrected chi connectivity index (χ1v) is 26.0. The van der Waals surface area contributed by atoms with E-state index in [4.69, 9.17) is 57.7 Å². The van der Waals surface area contributed by atoms with Crippen LogP contribution in [0.25, 0.3) is 0 Å². The zero-order chi connectivity index (χ0) is 44.9. The van der Waals surface area contributed by atoms with Gasteiger partial charge in [0, 0.05) is 54.8 Å². The topological polar surface area (TPSA) is 165 Å². The van der Waals surface area contributed by atoms with Crippen LogP contribution in [0.4, 0.5) is 0 Å². The second-order valence-corrected chi connectivity index (χ2v) is 24.0. The Morgan fingerprint density at radius 3 is 1.69 bits per heavy atom. The second kappa shape index (κ2) is 15.5. The Bertz CT molecular complexity index is 1890. The molecule has 15 nitrogen and oxygen atoms in total. The van der Waals surface area contributed by atoms with E-state index in [1.54, 1.807) is 0 Å². The van der Waals surface area contributed by atoms with Gasteiger partial charge in [-0.15, -0.1) is 0 Å². The molecule has 6 bridgehead atoms. The van der Waals surface area contributed by atoms with Crippen molar-refractivity contribution in [1.29, 1.82) is 0 Å². The van der Waals surface area contributed by atoms with Crippen LogP contribution in [-0.4, -0.2) is 76.4 Å². The molecule has 12 aliphatic heterocycles. The van der Waals surface area contributed by atoms with Crippen molar-refractivity contribution in [2.75, 3.05) is 0 Å². The number of aliphatic hydroxyl groups is 1. The molecule has 3 saturated carbocycles. The van der Waals surface area contributed by atoms with Crippen LogP contribution in [0.5, 0.6) is 0 Å². The fourth-order valence-electron chi connectivity index (χ4n) is 17.0. The number of unbranched alkanes of at least 4 members (excludes halogenated alkanes) is 4. The molecule has 1 N–H and O–H groups in total. The standard InChI is InChI=1S/C50H74O15/c1-27-13-16-35-30(38(51)54-41-48(35)32(27)19-23-44(4,57-41)60-63-48)12-10-8-7-9-11-22-47(37-18-15-29(3)34-21-25-46(6)59-43(56-40(47)53)50(34,37)65-62-46)26-31-36-17-14-28(2)33-20-24-45(5)58-42(55-39(31)52)49(33,36)64-61-45/h27-38,41-43,51H,7-26H2,1-6H3/t27?,28-,29-,30?,31+,32?,33+,34+,35?,36+,37+,38?,41?,42-,43-,44?,45+,46+,47-,48?,49-,50-/m1/s1. The van der Waals surface area contributed by atoms with Crippen LogP contribution < -0.4 is 0 Å². The van der Waals surface area contributed by atoms with Gasteiger partial charge in [0.25, 0.3) is 0 Å². The number of carbonyl (C=O) groups excluding carboxylic acids is 2. The predicted molar refractivity (Wildman–Crippen MR) is 224 cm³/mol. The van der Waals surface area contributed by atoms with Crippen molar-refractivity contribution in [3.63, 3.8) is 0 Å². The van der Waals surface area contributed by atoms with Gasteiger partial charge in [-0.2, -0.15) is 0 Å². The number of ether oxygens (including phenoxy) is 6. The highest BCUT2D eigenvalue weighted by molar-refractivity contribution is 5.81. The smallest absolute Gasteiger partial charge is 0.314 e. The summed E-state index contributed by atoms with van der Waals surface area (Å²) in [5.41, 5.74) is -3.77. The summed E-state index contributed by atoms with van der Waals surface area (Å²) in [4.78, 5) is 67.8. The Labute approximate surface area is 383 Å². The molecule has 3 aliphatic carbocycles. The van der Waals surface area contributed by atoms with Crippen molar-refractivity contribution in [2.24, 2.45) is 70.5 Å². The summed E-state index contributed by atoms with van der Waals surface area (Å²) in [5, 5.41) is 11.5. The molecule has 12 heterocycles. The van der Waals surface area contributed by atoms with Crippen molar-refractivity contribution < 1.29 is 72.4 Å². The van der Waals surface area contributed by atoms with Crippen LogP contribution in [0.1, 0.15) is 170 Å². The van der Waals surface area contributed by atoms with Gasteiger partial charge in [0.15, 0.2) is 29.4 Å². The van der Waals surface area contributed by atoms with E-state index in [1.807, 2.05) is 20.8 Å². The lowest BCUT2D eigenvalue weighted by Crippen LogP contribution is -2.74. The van der Waals surface area contributed by atoms with Crippen molar-refractivity contribution in [3.05, 3.63) is 0 Å². The SMILES string of the molecule is CC1CCC2C(CCCCCCC[C@]3(C[C@@H]4C(=O)O[C@@H]5O[C@]6(C)CC[C@H]7[C@H](C)CC[C@@H]4[C@@]57OO6)C(=O)O[C@@H]4O[C@]5(C)CC[C@H]6[C@H](C)CC[C@@H]3[C@@]46OO5)C(O)OC3OC4(C)CCC1C32OO4. The summed E-state index contributed by atoms with van der Waals surface area (Å²) < 4.78 is 38.8. The lowest BCUT2D eigenvalue weighted by molar-refractivity contribution is -0.577. The fraction of sp³-hybridized carbons (Fsp3) is 0.960. The van der Waals surface area contributed by atoms with E-state index in [0.717, 1.165) is 103 Å². The van der Waals surface area contributed by atoms with Gasteiger partial charge in [-0.1, -0.05) is 52.9 Å². The molecule has 15 heteroatoms. The average Bonchev–Trinajstić information content (AvgIpc) is 3.75. The molecule has 0 radical (unpaired) electrons. The zero-order valence-corrected chi connectivity index (χ0v) is 39.5. The number of aliphatic hydroxyl groups excluding tert-OH is 1. The number of hydrogen-bond donors (Lipinski definition) is 1. The minimum atomic E-state index is -1.08. The summed E-state index contributed by atoms with van der Waals surface area (Å²) in [6.07, 6.45) is 12.7. The molecule has 22 atom stereocenters. The monoisotopic (exact) mass is 915 g/mol. The zero-order valence-electron chi connectivity index (χ0n) is 39.5. The number of rotatable bonds is 10. The molecule has 364 valence electrons. The maximum Gasteiger partial charge on any atom is 0.314 e. The third-order valence-electron chi connectivity index (χ3n) is 20.5. The Kier molecular flexibility index (Phi) is 10.7. The van der Waals surface area contributed by atoms with E-state index >= 15 is 4.79 Å². The maximum atomic E-state index is 15.3. The summed E-state index contributed by atoms with van der Waals surface area (Å²) in [6, 6.07) is 0. The van der Waals surface area contributed by atoms with Crippen molar-refractivity contribution >= 4 is 11.9 Å². The van der Waals surface area contributed by atoms with Gasteiger partial charge in [0.05, 0.1) is 11.3 Å². The minimum Gasteiger partial charge on any atom is -0.432 e. The van der Waals surface area contributed by atoms with Crippen LogP contribution in [-0.2, 0) is 67.3 Å². The molecule has 0 amide bonds.